The molecule has 0 aliphatic rings. The lowest BCUT2D eigenvalue weighted by Gasteiger charge is -2.01. The van der Waals surface area contributed by atoms with Gasteiger partial charge >= 0.3 is 0 Å². The molecule has 0 saturated heterocycles. The topological polar surface area (TPSA) is 34.1 Å². The van der Waals surface area contributed by atoms with E-state index in [1.165, 1.54) is 0 Å². The van der Waals surface area contributed by atoms with Crippen LogP contribution in [-0.4, -0.2) is 11.0 Å². The highest BCUT2D eigenvalue weighted by molar-refractivity contribution is 8.26. The standard InChI is InChI=1S/C14H12O2P2/c15-13(11-7-3-1-4-8-11)17-18-14(16)12-9-5-2-6-10-12/h1-10,17-18H. The second-order valence-corrected chi connectivity index (χ2v) is 6.55. The van der Waals surface area contributed by atoms with Gasteiger partial charge in [-0.25, -0.2) is 0 Å². The molecule has 0 spiro atoms. The average Bonchev–Trinajstić information content (AvgIpc) is 2.46. The zero-order chi connectivity index (χ0) is 12.8. The van der Waals surface area contributed by atoms with Crippen LogP contribution in [0.3, 0.4) is 0 Å². The van der Waals surface area contributed by atoms with Crippen molar-refractivity contribution in [2.75, 3.05) is 0 Å². The van der Waals surface area contributed by atoms with Gasteiger partial charge < -0.3 is 0 Å². The summed E-state index contributed by atoms with van der Waals surface area (Å²) in [4.78, 5) is 23.7. The van der Waals surface area contributed by atoms with Gasteiger partial charge in [-0.1, -0.05) is 60.7 Å². The molecular formula is C14H12O2P2. The molecule has 2 atom stereocenters. The van der Waals surface area contributed by atoms with Gasteiger partial charge in [0.15, 0.2) is 11.0 Å². The molecule has 0 aliphatic carbocycles. The van der Waals surface area contributed by atoms with Crippen LogP contribution >= 0.6 is 16.5 Å². The molecular weight excluding hydrogens is 262 g/mol. The summed E-state index contributed by atoms with van der Waals surface area (Å²) in [6.07, 6.45) is 0. The minimum absolute atomic E-state index is 0.0286. The summed E-state index contributed by atoms with van der Waals surface area (Å²) < 4.78 is 0. The van der Waals surface area contributed by atoms with Crippen molar-refractivity contribution in [1.82, 2.24) is 0 Å². The van der Waals surface area contributed by atoms with Gasteiger partial charge in [-0.2, -0.15) is 0 Å². The fraction of sp³-hybridized carbons (Fsp3) is 0. The van der Waals surface area contributed by atoms with Gasteiger partial charge in [-0.15, -0.1) is 0 Å². The van der Waals surface area contributed by atoms with Crippen LogP contribution in [0.5, 0.6) is 0 Å². The molecule has 0 amide bonds. The highest BCUT2D eigenvalue weighted by atomic mass is 32.0. The Morgan fingerprint density at radius 3 is 1.28 bits per heavy atom. The minimum atomic E-state index is 0.0286. The van der Waals surface area contributed by atoms with Crippen LogP contribution in [0, 0.1) is 0 Å². The molecule has 2 unspecified atom stereocenters. The second kappa shape index (κ2) is 6.54. The molecule has 0 saturated carbocycles. The molecule has 2 aromatic carbocycles. The molecule has 0 aliphatic heterocycles. The monoisotopic (exact) mass is 274 g/mol. The molecule has 2 nitrogen and oxygen atoms in total. The molecule has 0 heterocycles. The van der Waals surface area contributed by atoms with E-state index in [0.717, 1.165) is 0 Å². The van der Waals surface area contributed by atoms with E-state index in [1.807, 2.05) is 36.4 Å². The van der Waals surface area contributed by atoms with Crippen LogP contribution < -0.4 is 0 Å². The lowest BCUT2D eigenvalue weighted by Crippen LogP contribution is -1.91. The van der Waals surface area contributed by atoms with Crippen LogP contribution in [0.25, 0.3) is 0 Å². The molecule has 0 fully saturated rings. The number of carbonyl (C=O) groups excluding carboxylic acids is 2. The number of rotatable bonds is 5. The van der Waals surface area contributed by atoms with E-state index in [2.05, 4.69) is 0 Å². The molecule has 2 aromatic rings. The summed E-state index contributed by atoms with van der Waals surface area (Å²) in [7, 11) is 0.0573. The van der Waals surface area contributed by atoms with E-state index in [1.54, 1.807) is 24.3 Å². The van der Waals surface area contributed by atoms with Crippen molar-refractivity contribution >= 4 is 27.6 Å². The Morgan fingerprint density at radius 1 is 0.611 bits per heavy atom. The van der Waals surface area contributed by atoms with Gasteiger partial charge in [0.25, 0.3) is 0 Å². The number of benzene rings is 2. The van der Waals surface area contributed by atoms with Crippen LogP contribution in [0.15, 0.2) is 60.7 Å². The fourth-order valence-electron chi connectivity index (χ4n) is 1.44. The smallest absolute Gasteiger partial charge is 0.185 e. The summed E-state index contributed by atoms with van der Waals surface area (Å²) in [6.45, 7) is 0. The van der Waals surface area contributed by atoms with E-state index in [9.17, 15) is 9.59 Å². The molecule has 90 valence electrons. The molecule has 0 aromatic heterocycles. The van der Waals surface area contributed by atoms with Gasteiger partial charge in [0.2, 0.25) is 0 Å². The van der Waals surface area contributed by atoms with E-state index in [-0.39, 0.29) is 27.6 Å². The van der Waals surface area contributed by atoms with Crippen molar-refractivity contribution in [3.05, 3.63) is 71.8 Å². The third-order valence-electron chi connectivity index (χ3n) is 2.36. The SMILES string of the molecule is O=C(PPC(=O)c1ccccc1)c1ccccc1. The maximum absolute atomic E-state index is 11.8. The predicted molar refractivity (Wildman–Crippen MR) is 78.2 cm³/mol. The quantitative estimate of drug-likeness (QED) is 0.774. The number of hydrogen-bond acceptors (Lipinski definition) is 2. The van der Waals surface area contributed by atoms with Crippen molar-refractivity contribution in [2.24, 2.45) is 0 Å². The van der Waals surface area contributed by atoms with Gasteiger partial charge in [0.1, 0.15) is 0 Å². The Hall–Kier alpha value is -1.36. The van der Waals surface area contributed by atoms with Gasteiger partial charge in [0, 0.05) is 11.1 Å². The van der Waals surface area contributed by atoms with E-state index in [4.69, 9.17) is 0 Å². The lowest BCUT2D eigenvalue weighted by atomic mass is 10.2. The van der Waals surface area contributed by atoms with Crippen LogP contribution in [0.2, 0.25) is 0 Å². The van der Waals surface area contributed by atoms with Crippen molar-refractivity contribution < 1.29 is 9.59 Å². The second-order valence-electron chi connectivity index (χ2n) is 3.64. The first-order chi connectivity index (χ1) is 8.77. The van der Waals surface area contributed by atoms with Crippen molar-refractivity contribution in [3.8, 4) is 0 Å². The zero-order valence-electron chi connectivity index (χ0n) is 9.59. The van der Waals surface area contributed by atoms with Crippen molar-refractivity contribution in [1.29, 1.82) is 0 Å². The van der Waals surface area contributed by atoms with E-state index >= 15 is 0 Å². The maximum atomic E-state index is 11.8. The third kappa shape index (κ3) is 3.57. The van der Waals surface area contributed by atoms with Crippen LogP contribution in [0.4, 0.5) is 0 Å². The molecule has 18 heavy (non-hydrogen) atoms. The molecule has 0 bridgehead atoms. The molecule has 2 rings (SSSR count). The van der Waals surface area contributed by atoms with Crippen LogP contribution in [0.1, 0.15) is 20.7 Å². The Morgan fingerprint density at radius 2 is 0.944 bits per heavy atom. The molecule has 0 N–H and O–H groups in total. The number of hydrogen-bond donors (Lipinski definition) is 0. The Kier molecular flexibility index (Phi) is 4.75. The van der Waals surface area contributed by atoms with Gasteiger partial charge in [-0.05, 0) is 16.5 Å². The fourth-order valence-corrected chi connectivity index (χ4v) is 3.83. The maximum Gasteiger partial charge on any atom is 0.185 e. The highest BCUT2D eigenvalue weighted by Gasteiger charge is 2.10. The first kappa shape index (κ1) is 13.1. The summed E-state index contributed by atoms with van der Waals surface area (Å²) in [6, 6.07) is 18.2. The van der Waals surface area contributed by atoms with Crippen LogP contribution in [-0.2, 0) is 0 Å². The highest BCUT2D eigenvalue weighted by Crippen LogP contribution is 2.42. The Bertz CT molecular complexity index is 487. The Labute approximate surface area is 109 Å². The largest absolute Gasteiger partial charge is 0.289 e. The first-order valence-electron chi connectivity index (χ1n) is 5.48. The lowest BCUT2D eigenvalue weighted by molar-refractivity contribution is 0.107. The van der Waals surface area contributed by atoms with E-state index < -0.39 is 0 Å². The average molecular weight is 274 g/mol. The summed E-state index contributed by atoms with van der Waals surface area (Å²) in [5, 5.41) is 0. The molecule has 4 heteroatoms. The van der Waals surface area contributed by atoms with E-state index in [0.29, 0.717) is 11.1 Å². The van der Waals surface area contributed by atoms with Gasteiger partial charge in [0.05, 0.1) is 0 Å². The zero-order valence-corrected chi connectivity index (χ0v) is 11.6. The summed E-state index contributed by atoms with van der Waals surface area (Å²) >= 11 is 0. The first-order valence-corrected chi connectivity index (χ1v) is 8.48. The Balaban J connectivity index is 1.93. The molecule has 0 radical (unpaired) electrons. The van der Waals surface area contributed by atoms with Crippen molar-refractivity contribution in [2.45, 2.75) is 0 Å². The number of carbonyl (C=O) groups is 2. The van der Waals surface area contributed by atoms with Gasteiger partial charge in [-0.3, -0.25) is 9.59 Å². The summed E-state index contributed by atoms with van der Waals surface area (Å²) in [5.74, 6) is 0. The predicted octanol–water partition coefficient (Wildman–Crippen LogP) is 3.94. The summed E-state index contributed by atoms with van der Waals surface area (Å²) in [5.41, 5.74) is 1.48. The minimum Gasteiger partial charge on any atom is -0.289 e. The normalized spacial score (nSPS) is 11.3. The third-order valence-corrected chi connectivity index (χ3v) is 5.26. The van der Waals surface area contributed by atoms with Crippen molar-refractivity contribution in [3.63, 3.8) is 0 Å².